The van der Waals surface area contributed by atoms with E-state index < -0.39 is 0 Å². The van der Waals surface area contributed by atoms with E-state index in [1.807, 2.05) is 17.6 Å². The van der Waals surface area contributed by atoms with Crippen LogP contribution in [0.1, 0.15) is 15.9 Å². The number of carbonyl (C=O) groups excluding carboxylic acids is 1. The number of nitrogens with zero attached hydrogens (tertiary/aromatic N) is 1. The minimum absolute atomic E-state index is 0.165. The van der Waals surface area contributed by atoms with Gasteiger partial charge in [-0.3, -0.25) is 9.78 Å². The van der Waals surface area contributed by atoms with E-state index >= 15 is 0 Å². The van der Waals surface area contributed by atoms with Gasteiger partial charge in [-0.2, -0.15) is 11.3 Å². The van der Waals surface area contributed by atoms with Crippen molar-refractivity contribution in [3.05, 3.63) is 69.1 Å². The number of methoxy groups -OCH3 is 1. The van der Waals surface area contributed by atoms with Crippen LogP contribution in [0.2, 0.25) is 0 Å². The summed E-state index contributed by atoms with van der Waals surface area (Å²) in [6.45, 7) is 0.410. The number of hydrogen-bond acceptors (Lipinski definition) is 4. The fourth-order valence-corrected chi connectivity index (χ4v) is 3.35. The Morgan fingerprint density at radius 1 is 1.25 bits per heavy atom. The molecule has 0 fully saturated rings. The summed E-state index contributed by atoms with van der Waals surface area (Å²) >= 11 is 5.04. The summed E-state index contributed by atoms with van der Waals surface area (Å²) in [5.41, 5.74) is 3.67. The van der Waals surface area contributed by atoms with Crippen molar-refractivity contribution in [2.45, 2.75) is 6.54 Å². The summed E-state index contributed by atoms with van der Waals surface area (Å²) < 4.78 is 5.90. The number of ether oxygens (including phenoxy) is 1. The molecular formula is C18H15BrN2O2S. The Kier molecular flexibility index (Phi) is 5.27. The van der Waals surface area contributed by atoms with Crippen LogP contribution in [0.15, 0.2) is 58.0 Å². The van der Waals surface area contributed by atoms with Gasteiger partial charge >= 0.3 is 0 Å². The maximum atomic E-state index is 12.4. The lowest BCUT2D eigenvalue weighted by atomic mass is 10.1. The summed E-state index contributed by atoms with van der Waals surface area (Å²) in [7, 11) is 1.58. The molecule has 0 aliphatic carbocycles. The van der Waals surface area contributed by atoms with Crippen LogP contribution >= 0.6 is 27.3 Å². The lowest BCUT2D eigenvalue weighted by Gasteiger charge is -2.09. The number of halogens is 1. The normalized spacial score (nSPS) is 10.4. The zero-order valence-corrected chi connectivity index (χ0v) is 15.4. The first kappa shape index (κ1) is 16.7. The molecule has 0 unspecified atom stereocenters. The van der Waals surface area contributed by atoms with Crippen LogP contribution < -0.4 is 10.1 Å². The third-order valence-corrected chi connectivity index (χ3v) is 4.90. The van der Waals surface area contributed by atoms with Crippen LogP contribution in [0.4, 0.5) is 0 Å². The third kappa shape index (κ3) is 3.83. The quantitative estimate of drug-likeness (QED) is 0.682. The highest BCUT2D eigenvalue weighted by molar-refractivity contribution is 9.10. The Labute approximate surface area is 152 Å². The van der Waals surface area contributed by atoms with Crippen molar-refractivity contribution in [1.29, 1.82) is 0 Å². The van der Waals surface area contributed by atoms with E-state index in [9.17, 15) is 4.79 Å². The van der Waals surface area contributed by atoms with Crippen LogP contribution in [0.3, 0.4) is 0 Å². The second-order valence-corrected chi connectivity index (χ2v) is 6.76. The Bertz CT molecular complexity index is 850. The molecule has 0 saturated heterocycles. The zero-order chi connectivity index (χ0) is 16.9. The Hall–Kier alpha value is -2.18. The second-order valence-electron chi connectivity index (χ2n) is 5.12. The fourth-order valence-electron chi connectivity index (χ4n) is 2.25. The molecule has 1 amide bonds. The van der Waals surface area contributed by atoms with Gasteiger partial charge in [0.05, 0.1) is 12.7 Å². The van der Waals surface area contributed by atoms with Crippen LogP contribution in [0.25, 0.3) is 11.1 Å². The lowest BCUT2D eigenvalue weighted by Crippen LogP contribution is -2.23. The predicted octanol–water partition coefficient (Wildman–Crippen LogP) is 4.51. The van der Waals surface area contributed by atoms with Gasteiger partial charge in [0.15, 0.2) is 0 Å². The van der Waals surface area contributed by atoms with Gasteiger partial charge < -0.3 is 10.1 Å². The molecule has 1 N–H and O–H groups in total. The average molecular weight is 403 g/mol. The van der Waals surface area contributed by atoms with Crippen LogP contribution in [0.5, 0.6) is 5.75 Å². The monoisotopic (exact) mass is 402 g/mol. The molecular weight excluding hydrogens is 388 g/mol. The highest BCUT2D eigenvalue weighted by atomic mass is 79.9. The van der Waals surface area contributed by atoms with Gasteiger partial charge in [0.25, 0.3) is 5.91 Å². The number of hydrogen-bond donors (Lipinski definition) is 1. The van der Waals surface area contributed by atoms with E-state index in [-0.39, 0.29) is 5.91 Å². The number of aromatic nitrogens is 1. The van der Waals surface area contributed by atoms with E-state index in [0.29, 0.717) is 17.9 Å². The molecule has 24 heavy (non-hydrogen) atoms. The molecule has 4 nitrogen and oxygen atoms in total. The van der Waals surface area contributed by atoms with Crippen molar-refractivity contribution < 1.29 is 9.53 Å². The maximum Gasteiger partial charge on any atom is 0.252 e. The van der Waals surface area contributed by atoms with Crippen molar-refractivity contribution >= 4 is 33.2 Å². The molecule has 0 atom stereocenters. The van der Waals surface area contributed by atoms with Gasteiger partial charge in [-0.15, -0.1) is 0 Å². The van der Waals surface area contributed by atoms with E-state index in [1.165, 1.54) is 0 Å². The molecule has 0 saturated carbocycles. The molecule has 122 valence electrons. The van der Waals surface area contributed by atoms with E-state index in [4.69, 9.17) is 4.74 Å². The predicted molar refractivity (Wildman–Crippen MR) is 99.4 cm³/mol. The second kappa shape index (κ2) is 7.59. The van der Waals surface area contributed by atoms with Gasteiger partial charge in [0.1, 0.15) is 5.75 Å². The molecule has 0 spiro atoms. The van der Waals surface area contributed by atoms with Crippen molar-refractivity contribution in [2.24, 2.45) is 0 Å². The minimum atomic E-state index is -0.165. The van der Waals surface area contributed by atoms with E-state index in [2.05, 4.69) is 37.7 Å². The summed E-state index contributed by atoms with van der Waals surface area (Å²) in [5, 5.41) is 7.03. The summed E-state index contributed by atoms with van der Waals surface area (Å²) in [5.74, 6) is 0.478. The number of amides is 1. The first-order valence-corrected chi connectivity index (χ1v) is 8.99. The molecule has 6 heteroatoms. The molecule has 3 rings (SSSR count). The SMILES string of the molecule is COc1ccc(Br)c(C(=O)NCc2cncc(-c3ccsc3)c2)c1. The molecule has 2 heterocycles. The number of thiophene rings is 1. The third-order valence-electron chi connectivity index (χ3n) is 3.52. The van der Waals surface area contributed by atoms with Crippen molar-refractivity contribution in [2.75, 3.05) is 7.11 Å². The Morgan fingerprint density at radius 3 is 2.88 bits per heavy atom. The highest BCUT2D eigenvalue weighted by Gasteiger charge is 2.11. The molecule has 0 bridgehead atoms. The number of rotatable bonds is 5. The van der Waals surface area contributed by atoms with Crippen molar-refractivity contribution in [3.63, 3.8) is 0 Å². The zero-order valence-electron chi connectivity index (χ0n) is 13.0. The summed E-state index contributed by atoms with van der Waals surface area (Å²) in [4.78, 5) is 16.7. The van der Waals surface area contributed by atoms with Crippen LogP contribution in [0, 0.1) is 0 Å². The maximum absolute atomic E-state index is 12.4. The van der Waals surface area contributed by atoms with Gasteiger partial charge in [0, 0.05) is 29.0 Å². The number of benzene rings is 1. The minimum Gasteiger partial charge on any atom is -0.497 e. The average Bonchev–Trinajstić information content (AvgIpc) is 3.15. The van der Waals surface area contributed by atoms with Crippen LogP contribution in [-0.4, -0.2) is 18.0 Å². The molecule has 1 aromatic carbocycles. The highest BCUT2D eigenvalue weighted by Crippen LogP contribution is 2.23. The van der Waals surface area contributed by atoms with Gasteiger partial charge in [-0.25, -0.2) is 0 Å². The fraction of sp³-hybridized carbons (Fsp3) is 0.111. The Morgan fingerprint density at radius 2 is 2.12 bits per heavy atom. The van der Waals surface area contributed by atoms with Crippen LogP contribution in [-0.2, 0) is 6.54 Å². The summed E-state index contributed by atoms with van der Waals surface area (Å²) in [6, 6.07) is 9.40. The number of nitrogens with one attached hydrogen (secondary N) is 1. The Balaban J connectivity index is 1.72. The number of carbonyl (C=O) groups is 1. The largest absolute Gasteiger partial charge is 0.497 e. The molecule has 0 aliphatic heterocycles. The molecule has 2 aromatic heterocycles. The topological polar surface area (TPSA) is 51.2 Å². The molecule has 3 aromatic rings. The first-order chi connectivity index (χ1) is 11.7. The van der Waals surface area contributed by atoms with Crippen molar-refractivity contribution in [1.82, 2.24) is 10.3 Å². The standard InChI is InChI=1S/C18H15BrN2O2S/c1-23-15-2-3-17(19)16(7-15)18(22)21-9-12-6-14(10-20-8-12)13-4-5-24-11-13/h2-8,10-11H,9H2,1H3,(H,21,22). The first-order valence-electron chi connectivity index (χ1n) is 7.25. The molecule has 0 aliphatic rings. The lowest BCUT2D eigenvalue weighted by molar-refractivity contribution is 0.0949. The van der Waals surface area contributed by atoms with Gasteiger partial charge in [-0.1, -0.05) is 0 Å². The van der Waals surface area contributed by atoms with Gasteiger partial charge in [0.2, 0.25) is 0 Å². The smallest absolute Gasteiger partial charge is 0.252 e. The molecule has 0 radical (unpaired) electrons. The van der Waals surface area contributed by atoms with Crippen molar-refractivity contribution in [3.8, 4) is 16.9 Å². The number of pyridine rings is 1. The van der Waals surface area contributed by atoms with E-state index in [1.54, 1.807) is 42.8 Å². The summed E-state index contributed by atoms with van der Waals surface area (Å²) in [6.07, 6.45) is 3.59. The van der Waals surface area contributed by atoms with Gasteiger partial charge in [-0.05, 0) is 68.1 Å². The van der Waals surface area contributed by atoms with E-state index in [0.717, 1.165) is 21.2 Å².